The first-order valence-corrected chi connectivity index (χ1v) is 11.2. The minimum atomic E-state index is -0.249. The van der Waals surface area contributed by atoms with E-state index in [-0.39, 0.29) is 21.9 Å². The van der Waals surface area contributed by atoms with Crippen LogP contribution in [0.5, 0.6) is 11.5 Å². The van der Waals surface area contributed by atoms with E-state index >= 15 is 0 Å². The van der Waals surface area contributed by atoms with Gasteiger partial charge in [0.25, 0.3) is 5.91 Å². The molecule has 5 nitrogen and oxygen atoms in total. The third kappa shape index (κ3) is 4.03. The highest BCUT2D eigenvalue weighted by molar-refractivity contribution is 9.11. The second-order valence-corrected chi connectivity index (χ2v) is 8.93. The van der Waals surface area contributed by atoms with Gasteiger partial charge < -0.3 is 10.2 Å². The highest BCUT2D eigenvalue weighted by atomic mass is 79.9. The summed E-state index contributed by atoms with van der Waals surface area (Å²) in [5, 5.41) is 20.9. The predicted molar refractivity (Wildman–Crippen MR) is 128 cm³/mol. The van der Waals surface area contributed by atoms with Gasteiger partial charge in [-0.3, -0.25) is 9.69 Å². The summed E-state index contributed by atoms with van der Waals surface area (Å²) < 4.78 is 0.546. The number of para-hydroxylation sites is 2. The Balaban J connectivity index is 1.81. The number of amides is 1. The van der Waals surface area contributed by atoms with Crippen LogP contribution in [0.4, 0.5) is 11.4 Å². The number of hydrogen-bond donors (Lipinski definition) is 2. The van der Waals surface area contributed by atoms with E-state index in [4.69, 9.17) is 0 Å². The monoisotopic (exact) mass is 544 g/mol. The second-order valence-electron chi connectivity index (χ2n) is 6.28. The van der Waals surface area contributed by atoms with Crippen LogP contribution in [0.25, 0.3) is 6.08 Å². The summed E-state index contributed by atoms with van der Waals surface area (Å²) in [6.07, 6.45) is 1.58. The van der Waals surface area contributed by atoms with Crippen LogP contribution in [0.3, 0.4) is 0 Å². The van der Waals surface area contributed by atoms with Crippen molar-refractivity contribution in [2.75, 3.05) is 4.90 Å². The molecule has 0 aromatic heterocycles. The van der Waals surface area contributed by atoms with Gasteiger partial charge in [0.15, 0.2) is 5.17 Å². The summed E-state index contributed by atoms with van der Waals surface area (Å²) >= 11 is 7.64. The first-order valence-electron chi connectivity index (χ1n) is 8.78. The van der Waals surface area contributed by atoms with Gasteiger partial charge in [0.2, 0.25) is 0 Å². The lowest BCUT2D eigenvalue weighted by atomic mass is 10.1. The van der Waals surface area contributed by atoms with E-state index in [1.165, 1.54) is 11.8 Å². The van der Waals surface area contributed by atoms with Crippen molar-refractivity contribution in [3.8, 4) is 11.5 Å². The molecule has 1 fully saturated rings. The van der Waals surface area contributed by atoms with Crippen molar-refractivity contribution in [3.05, 3.63) is 86.1 Å². The summed E-state index contributed by atoms with van der Waals surface area (Å²) in [7, 11) is 0. The molecule has 0 saturated carbocycles. The van der Waals surface area contributed by atoms with Crippen LogP contribution in [-0.2, 0) is 4.79 Å². The fraction of sp³-hybridized carbons (Fsp3) is 0. The minimum Gasteiger partial charge on any atom is -0.506 e. The molecule has 3 aromatic carbocycles. The van der Waals surface area contributed by atoms with Crippen LogP contribution in [0.1, 0.15) is 5.56 Å². The van der Waals surface area contributed by atoms with E-state index in [0.717, 1.165) is 5.69 Å². The van der Waals surface area contributed by atoms with Gasteiger partial charge in [0, 0.05) is 5.56 Å². The molecule has 1 aliphatic heterocycles. The van der Waals surface area contributed by atoms with Crippen molar-refractivity contribution in [3.63, 3.8) is 0 Å². The molecule has 0 spiro atoms. The molecule has 3 aromatic rings. The van der Waals surface area contributed by atoms with E-state index in [1.54, 1.807) is 17.0 Å². The maximum Gasteiger partial charge on any atom is 0.271 e. The molecule has 0 bridgehead atoms. The molecule has 150 valence electrons. The Kier molecular flexibility index (Phi) is 5.99. The van der Waals surface area contributed by atoms with E-state index in [1.807, 2.05) is 60.7 Å². The normalized spacial score (nSPS) is 16.6. The summed E-state index contributed by atoms with van der Waals surface area (Å²) in [5.74, 6) is -0.519. The van der Waals surface area contributed by atoms with E-state index < -0.39 is 0 Å². The van der Waals surface area contributed by atoms with Gasteiger partial charge in [-0.1, -0.05) is 36.4 Å². The first kappa shape index (κ1) is 20.7. The van der Waals surface area contributed by atoms with Crippen LogP contribution >= 0.6 is 43.6 Å². The molecule has 0 unspecified atom stereocenters. The van der Waals surface area contributed by atoms with Crippen LogP contribution in [-0.4, -0.2) is 21.3 Å². The fourth-order valence-electron chi connectivity index (χ4n) is 2.83. The number of halogens is 2. The summed E-state index contributed by atoms with van der Waals surface area (Å²) in [6.45, 7) is 0. The molecule has 1 heterocycles. The smallest absolute Gasteiger partial charge is 0.271 e. The van der Waals surface area contributed by atoms with E-state index in [9.17, 15) is 15.0 Å². The second kappa shape index (κ2) is 8.67. The summed E-state index contributed by atoms with van der Waals surface area (Å²) in [6, 6.07) is 20.2. The lowest BCUT2D eigenvalue weighted by Crippen LogP contribution is -2.28. The Hall–Kier alpha value is -2.55. The van der Waals surface area contributed by atoms with Gasteiger partial charge in [-0.05, 0) is 80.0 Å². The van der Waals surface area contributed by atoms with Gasteiger partial charge in [-0.2, -0.15) is 0 Å². The maximum atomic E-state index is 13.3. The third-order valence-electron chi connectivity index (χ3n) is 4.29. The van der Waals surface area contributed by atoms with Gasteiger partial charge in [0.05, 0.1) is 20.8 Å². The number of thioether (sulfide) groups is 1. The molecule has 4 rings (SSSR count). The Morgan fingerprint density at radius 1 is 0.933 bits per heavy atom. The molecule has 1 amide bonds. The number of benzene rings is 3. The molecule has 30 heavy (non-hydrogen) atoms. The lowest BCUT2D eigenvalue weighted by molar-refractivity contribution is -0.113. The van der Waals surface area contributed by atoms with E-state index in [0.29, 0.717) is 25.8 Å². The van der Waals surface area contributed by atoms with Crippen LogP contribution < -0.4 is 4.90 Å². The molecule has 0 radical (unpaired) electrons. The topological polar surface area (TPSA) is 73.1 Å². The van der Waals surface area contributed by atoms with Gasteiger partial charge in [-0.25, -0.2) is 4.99 Å². The minimum absolute atomic E-state index is 0.114. The largest absolute Gasteiger partial charge is 0.506 e. The van der Waals surface area contributed by atoms with Crippen molar-refractivity contribution in [2.24, 2.45) is 4.99 Å². The molecule has 8 heteroatoms. The first-order chi connectivity index (χ1) is 14.5. The highest BCUT2D eigenvalue weighted by Gasteiger charge is 2.35. The number of phenols is 2. The SMILES string of the molecule is O=C1/C(=C/c2cc(Br)c(O)c(Br)c2O)SC(=Nc2ccccc2)N1c1ccccc1. The van der Waals surface area contributed by atoms with Crippen LogP contribution in [0.15, 0.2) is 85.6 Å². The molecule has 1 saturated heterocycles. The van der Waals surface area contributed by atoms with Crippen molar-refractivity contribution < 1.29 is 15.0 Å². The molecule has 1 aliphatic rings. The predicted octanol–water partition coefficient (Wildman–Crippen LogP) is 6.43. The number of rotatable bonds is 3. The molecule has 0 atom stereocenters. The standard InChI is InChI=1S/C22H14Br2N2O3S/c23-16-11-13(19(27)18(24)20(16)28)12-17-21(29)26(15-9-5-2-6-10-15)22(30-17)25-14-7-3-1-4-8-14/h1-12,27-28H/b17-12-,25-22?. The molecule has 0 aliphatic carbocycles. The number of phenolic OH excluding ortho intramolecular Hbond substituents is 2. The van der Waals surface area contributed by atoms with Crippen LogP contribution in [0, 0.1) is 0 Å². The Morgan fingerprint density at radius 3 is 2.23 bits per heavy atom. The van der Waals surface area contributed by atoms with Crippen molar-refractivity contribution in [2.45, 2.75) is 0 Å². The zero-order chi connectivity index (χ0) is 21.3. The number of anilines is 1. The Labute approximate surface area is 194 Å². The molecular weight excluding hydrogens is 532 g/mol. The highest BCUT2D eigenvalue weighted by Crippen LogP contribution is 2.44. The number of carbonyl (C=O) groups excluding carboxylic acids is 1. The average Bonchev–Trinajstić information content (AvgIpc) is 3.06. The zero-order valence-electron chi connectivity index (χ0n) is 15.3. The number of aliphatic imine (C=N–C) groups is 1. The van der Waals surface area contributed by atoms with Crippen LogP contribution in [0.2, 0.25) is 0 Å². The van der Waals surface area contributed by atoms with Gasteiger partial charge in [-0.15, -0.1) is 0 Å². The fourth-order valence-corrected chi connectivity index (χ4v) is 4.98. The molecular formula is C22H14Br2N2O3S. The van der Waals surface area contributed by atoms with Crippen molar-refractivity contribution >= 4 is 72.1 Å². The summed E-state index contributed by atoms with van der Waals surface area (Å²) in [5.41, 5.74) is 1.81. The maximum absolute atomic E-state index is 13.3. The van der Waals surface area contributed by atoms with Gasteiger partial charge >= 0.3 is 0 Å². The number of hydrogen-bond acceptors (Lipinski definition) is 5. The lowest BCUT2D eigenvalue weighted by Gasteiger charge is -2.15. The summed E-state index contributed by atoms with van der Waals surface area (Å²) in [4.78, 5) is 19.9. The number of carbonyl (C=O) groups is 1. The number of nitrogens with zero attached hydrogens (tertiary/aromatic N) is 2. The molecule has 2 N–H and O–H groups in total. The Morgan fingerprint density at radius 2 is 1.57 bits per heavy atom. The number of aromatic hydroxyl groups is 2. The number of amidine groups is 1. The van der Waals surface area contributed by atoms with Crippen molar-refractivity contribution in [1.82, 2.24) is 0 Å². The third-order valence-corrected chi connectivity index (χ3v) is 6.61. The van der Waals surface area contributed by atoms with Crippen molar-refractivity contribution in [1.29, 1.82) is 0 Å². The Bertz CT molecular complexity index is 1180. The van der Waals surface area contributed by atoms with E-state index in [2.05, 4.69) is 36.9 Å². The zero-order valence-corrected chi connectivity index (χ0v) is 19.3. The average molecular weight is 546 g/mol. The van der Waals surface area contributed by atoms with Gasteiger partial charge in [0.1, 0.15) is 16.0 Å². The quantitative estimate of drug-likeness (QED) is 0.372.